The molecule has 67 heavy (non-hydrogen) atoms. The second kappa shape index (κ2) is 16.0. The third kappa shape index (κ3) is 6.59. The standard InChI is InChI=1S/C64H42N2O/c1-4-17-48(18-5-1)65(49-19-6-2-7-20-49)51-34-31-43(32-35-51)52-36-37-53(56-24-11-10-23-55(52)56)46-39-45(40-47(41-46)54-27-16-28-59-58-26-13-15-30-63(58)67-64(54)59)44-33-38-62-60(42-44)57-25-12-14-29-61(57)66(62)50-21-8-3-9-22-50/h1-42H. The molecule has 0 unspecified atom stereocenters. The molecule has 3 heteroatoms. The molecular weight excluding hydrogens is 813 g/mol. The monoisotopic (exact) mass is 854 g/mol. The van der Waals surface area contributed by atoms with E-state index in [1.54, 1.807) is 0 Å². The molecular formula is C64H42N2O. The third-order valence-electron chi connectivity index (χ3n) is 13.4. The Kier molecular flexibility index (Phi) is 9.17. The second-order valence-electron chi connectivity index (χ2n) is 17.3. The molecule has 0 aliphatic carbocycles. The van der Waals surface area contributed by atoms with Crippen molar-refractivity contribution < 1.29 is 4.42 Å². The highest BCUT2D eigenvalue weighted by Crippen LogP contribution is 2.44. The Morgan fingerprint density at radius 1 is 0.284 bits per heavy atom. The van der Waals surface area contributed by atoms with Crippen molar-refractivity contribution in [1.29, 1.82) is 0 Å². The summed E-state index contributed by atoms with van der Waals surface area (Å²) in [5.41, 5.74) is 17.8. The molecule has 13 rings (SSSR count). The van der Waals surface area contributed by atoms with Crippen molar-refractivity contribution in [3.05, 3.63) is 255 Å². The number of benzene rings is 11. The van der Waals surface area contributed by atoms with Gasteiger partial charge in [0.1, 0.15) is 11.2 Å². The molecule has 314 valence electrons. The summed E-state index contributed by atoms with van der Waals surface area (Å²) >= 11 is 0. The number of furan rings is 1. The van der Waals surface area contributed by atoms with Crippen LogP contribution >= 0.6 is 0 Å². The number of hydrogen-bond donors (Lipinski definition) is 0. The van der Waals surface area contributed by atoms with Gasteiger partial charge in [-0.25, -0.2) is 0 Å². The van der Waals surface area contributed by atoms with E-state index in [-0.39, 0.29) is 0 Å². The normalized spacial score (nSPS) is 11.6. The van der Waals surface area contributed by atoms with Crippen LogP contribution in [0, 0.1) is 0 Å². The molecule has 0 aliphatic rings. The second-order valence-corrected chi connectivity index (χ2v) is 17.3. The van der Waals surface area contributed by atoms with Gasteiger partial charge in [-0.05, 0) is 141 Å². The van der Waals surface area contributed by atoms with Crippen molar-refractivity contribution in [1.82, 2.24) is 4.57 Å². The number of nitrogens with zero attached hydrogens (tertiary/aromatic N) is 2. The average Bonchev–Trinajstić information content (AvgIpc) is 3.95. The lowest BCUT2D eigenvalue weighted by atomic mass is 9.88. The van der Waals surface area contributed by atoms with Crippen molar-refractivity contribution in [2.45, 2.75) is 0 Å². The fourth-order valence-electron chi connectivity index (χ4n) is 10.3. The van der Waals surface area contributed by atoms with E-state index in [4.69, 9.17) is 4.42 Å². The van der Waals surface area contributed by atoms with Crippen molar-refractivity contribution in [3.8, 4) is 50.2 Å². The number of anilines is 3. The van der Waals surface area contributed by atoms with Crippen LogP contribution in [-0.4, -0.2) is 4.57 Å². The highest BCUT2D eigenvalue weighted by atomic mass is 16.3. The van der Waals surface area contributed by atoms with Gasteiger partial charge in [0.25, 0.3) is 0 Å². The van der Waals surface area contributed by atoms with Crippen molar-refractivity contribution >= 4 is 71.6 Å². The molecule has 0 radical (unpaired) electrons. The van der Waals surface area contributed by atoms with Crippen LogP contribution < -0.4 is 4.90 Å². The fraction of sp³-hybridized carbons (Fsp3) is 0. The molecule has 0 saturated carbocycles. The van der Waals surface area contributed by atoms with E-state index in [0.717, 1.165) is 72.5 Å². The van der Waals surface area contributed by atoms with Gasteiger partial charge in [0.2, 0.25) is 0 Å². The van der Waals surface area contributed by atoms with Crippen LogP contribution in [0.3, 0.4) is 0 Å². The van der Waals surface area contributed by atoms with Gasteiger partial charge in [-0.15, -0.1) is 0 Å². The van der Waals surface area contributed by atoms with Crippen molar-refractivity contribution in [3.63, 3.8) is 0 Å². The molecule has 0 amide bonds. The molecule has 2 heterocycles. The summed E-state index contributed by atoms with van der Waals surface area (Å²) < 4.78 is 9.06. The lowest BCUT2D eigenvalue weighted by molar-refractivity contribution is 0.670. The number of hydrogen-bond acceptors (Lipinski definition) is 2. The smallest absolute Gasteiger partial charge is 0.143 e. The minimum atomic E-state index is 0.893. The van der Waals surface area contributed by atoms with E-state index < -0.39 is 0 Å². The summed E-state index contributed by atoms with van der Waals surface area (Å²) in [5.74, 6) is 0. The number of para-hydroxylation sites is 6. The molecule has 0 aliphatic heterocycles. The Balaban J connectivity index is 0.977. The maximum absolute atomic E-state index is 6.68. The first-order valence-electron chi connectivity index (χ1n) is 22.9. The quantitative estimate of drug-likeness (QED) is 0.152. The lowest BCUT2D eigenvalue weighted by Gasteiger charge is -2.25. The molecule has 0 bridgehead atoms. The Hall–Kier alpha value is -8.92. The van der Waals surface area contributed by atoms with E-state index in [1.807, 2.05) is 6.07 Å². The van der Waals surface area contributed by atoms with Crippen LogP contribution in [0.15, 0.2) is 259 Å². The van der Waals surface area contributed by atoms with Gasteiger partial charge < -0.3 is 13.9 Å². The summed E-state index contributed by atoms with van der Waals surface area (Å²) in [6.07, 6.45) is 0. The Morgan fingerprint density at radius 2 is 0.791 bits per heavy atom. The number of aromatic nitrogens is 1. The van der Waals surface area contributed by atoms with E-state index >= 15 is 0 Å². The van der Waals surface area contributed by atoms with Gasteiger partial charge in [-0.2, -0.15) is 0 Å². The topological polar surface area (TPSA) is 21.3 Å². The Labute approximate surface area is 388 Å². The van der Waals surface area contributed by atoms with E-state index in [0.29, 0.717) is 0 Å². The van der Waals surface area contributed by atoms with Gasteiger partial charge in [-0.3, -0.25) is 0 Å². The molecule has 13 aromatic rings. The summed E-state index contributed by atoms with van der Waals surface area (Å²) in [4.78, 5) is 2.31. The maximum Gasteiger partial charge on any atom is 0.143 e. The van der Waals surface area contributed by atoms with E-state index in [9.17, 15) is 0 Å². The van der Waals surface area contributed by atoms with Crippen molar-refractivity contribution in [2.75, 3.05) is 4.90 Å². The van der Waals surface area contributed by atoms with Gasteiger partial charge in [0, 0.05) is 49.9 Å². The SMILES string of the molecule is c1ccc(N(c2ccccc2)c2ccc(-c3ccc(-c4cc(-c5ccc6c(c5)c5ccccc5n6-c5ccccc5)cc(-c5cccc6c5oc5ccccc56)c4)c4ccccc34)cc2)cc1. The van der Waals surface area contributed by atoms with Crippen LogP contribution in [-0.2, 0) is 0 Å². The molecule has 3 nitrogen and oxygen atoms in total. The lowest BCUT2D eigenvalue weighted by Crippen LogP contribution is -2.09. The van der Waals surface area contributed by atoms with Gasteiger partial charge >= 0.3 is 0 Å². The van der Waals surface area contributed by atoms with Crippen LogP contribution in [0.25, 0.3) is 105 Å². The highest BCUT2D eigenvalue weighted by Gasteiger charge is 2.19. The molecule has 0 saturated heterocycles. The number of fused-ring (bicyclic) bond motifs is 7. The highest BCUT2D eigenvalue weighted by molar-refractivity contribution is 6.12. The summed E-state index contributed by atoms with van der Waals surface area (Å²) in [6.45, 7) is 0. The van der Waals surface area contributed by atoms with Crippen molar-refractivity contribution in [2.24, 2.45) is 0 Å². The first-order valence-corrected chi connectivity index (χ1v) is 22.9. The van der Waals surface area contributed by atoms with Crippen LogP contribution in [0.2, 0.25) is 0 Å². The zero-order valence-corrected chi connectivity index (χ0v) is 36.6. The summed E-state index contributed by atoms with van der Waals surface area (Å²) in [7, 11) is 0. The maximum atomic E-state index is 6.68. The fourth-order valence-corrected chi connectivity index (χ4v) is 10.3. The summed E-state index contributed by atoms with van der Waals surface area (Å²) in [6, 6.07) is 91.9. The minimum Gasteiger partial charge on any atom is -0.455 e. The predicted molar refractivity (Wildman–Crippen MR) is 282 cm³/mol. The molecule has 11 aromatic carbocycles. The zero-order chi connectivity index (χ0) is 44.3. The third-order valence-corrected chi connectivity index (χ3v) is 13.4. The van der Waals surface area contributed by atoms with Crippen LogP contribution in [0.1, 0.15) is 0 Å². The summed E-state index contributed by atoms with van der Waals surface area (Å²) in [5, 5.41) is 7.10. The molecule has 0 atom stereocenters. The van der Waals surface area contributed by atoms with E-state index in [1.165, 1.54) is 49.3 Å². The molecule has 0 N–H and O–H groups in total. The largest absolute Gasteiger partial charge is 0.455 e. The molecule has 2 aromatic heterocycles. The van der Waals surface area contributed by atoms with Gasteiger partial charge in [-0.1, -0.05) is 164 Å². The molecule has 0 fully saturated rings. The van der Waals surface area contributed by atoms with Gasteiger partial charge in [0.05, 0.1) is 11.0 Å². The number of rotatable bonds is 8. The zero-order valence-electron chi connectivity index (χ0n) is 36.6. The minimum absolute atomic E-state index is 0.893. The van der Waals surface area contributed by atoms with Crippen LogP contribution in [0.5, 0.6) is 0 Å². The van der Waals surface area contributed by atoms with Gasteiger partial charge in [0.15, 0.2) is 0 Å². The first kappa shape index (κ1) is 38.5. The van der Waals surface area contributed by atoms with Crippen LogP contribution in [0.4, 0.5) is 17.1 Å². The van der Waals surface area contributed by atoms with E-state index in [2.05, 4.69) is 258 Å². The first-order chi connectivity index (χ1) is 33.2. The average molecular weight is 855 g/mol. The molecule has 0 spiro atoms. The predicted octanol–water partition coefficient (Wildman–Crippen LogP) is 18.0. The Morgan fingerprint density at radius 3 is 1.49 bits per heavy atom. The Bertz CT molecular complexity index is 3920.